The standard InChI is InChI=1S/C29H41N4O6P.C4H6F2O.C2H6/c1-7-30-25-15-14-22(38-17-18-39-40(36,37-6)19-11-16-33(3,4)5)20-26(25)31(8-2)27(30)21-32-28(34)23-12-9-10-13-24(23)29(32)35;1-3(7)4(2,5)6;1-2/h9-10,12-15,20H,7-8,11,16-19,21H2,1-6H3;1-2H3;1-2H3/q+2;;. The number of benzene rings is 2. The number of aromatic nitrogens is 2. The van der Waals surface area contributed by atoms with Gasteiger partial charge in [-0.3, -0.25) is 23.8 Å². The average molecular weight is 711 g/mol. The van der Waals surface area contributed by atoms with Gasteiger partial charge < -0.3 is 18.3 Å². The van der Waals surface area contributed by atoms with E-state index >= 15 is 0 Å². The third-order valence-corrected chi connectivity index (χ3v) is 9.76. The SMILES string of the molecule is CC.CC(=O)C(C)(F)F.CCn1c(CN2C(=O)c3ccccc3C2=O)[n+](CC)c2ccc(OCCOP(=O)(CCC[N+](C)(C)C)OC)cc21. The summed E-state index contributed by atoms with van der Waals surface area (Å²) in [5, 5.41) is 0. The molecule has 1 aromatic heterocycles. The van der Waals surface area contributed by atoms with E-state index in [1.54, 1.807) is 24.3 Å². The molecule has 3 aromatic rings. The van der Waals surface area contributed by atoms with E-state index in [0.717, 1.165) is 41.2 Å². The molecule has 4 rings (SSSR count). The minimum Gasteiger partial charge on any atom is -0.491 e. The van der Waals surface area contributed by atoms with Crippen LogP contribution in [0.3, 0.4) is 0 Å². The third-order valence-electron chi connectivity index (χ3n) is 7.76. The molecule has 0 N–H and O–H groups in total. The molecule has 0 spiro atoms. The Morgan fingerprint density at radius 3 is 2.04 bits per heavy atom. The van der Waals surface area contributed by atoms with Crippen LogP contribution in [-0.4, -0.2) is 91.6 Å². The molecule has 2 heterocycles. The van der Waals surface area contributed by atoms with E-state index in [2.05, 4.69) is 30.3 Å². The number of rotatable bonds is 15. The molecule has 0 radical (unpaired) electrons. The number of halogens is 2. The summed E-state index contributed by atoms with van der Waals surface area (Å²) in [5.41, 5.74) is 2.82. The van der Waals surface area contributed by atoms with Gasteiger partial charge in [-0.2, -0.15) is 8.78 Å². The number of imide groups is 1. The number of Topliss-reactive ketones (excluding diaryl/α,β-unsaturated/α-hetero) is 1. The highest BCUT2D eigenvalue weighted by molar-refractivity contribution is 7.53. The highest BCUT2D eigenvalue weighted by Crippen LogP contribution is 2.47. The Labute approximate surface area is 288 Å². The van der Waals surface area contributed by atoms with Crippen LogP contribution in [-0.2, 0) is 38.0 Å². The zero-order chi connectivity index (χ0) is 37.2. The fourth-order valence-electron chi connectivity index (χ4n) is 5.14. The summed E-state index contributed by atoms with van der Waals surface area (Å²) in [5.74, 6) is -3.26. The molecule has 0 bridgehead atoms. The number of imidazole rings is 1. The Morgan fingerprint density at radius 1 is 1.00 bits per heavy atom. The zero-order valence-electron chi connectivity index (χ0n) is 30.5. The van der Waals surface area contributed by atoms with Gasteiger partial charge in [0.15, 0.2) is 16.8 Å². The highest BCUT2D eigenvalue weighted by Gasteiger charge is 2.38. The van der Waals surface area contributed by atoms with Crippen LogP contribution in [0.4, 0.5) is 8.78 Å². The number of carbonyl (C=O) groups is 3. The molecule has 11 nitrogen and oxygen atoms in total. The van der Waals surface area contributed by atoms with Gasteiger partial charge in [0, 0.05) is 33.4 Å². The van der Waals surface area contributed by atoms with Crippen molar-refractivity contribution >= 4 is 36.2 Å². The Bertz CT molecular complexity index is 1610. The first-order chi connectivity index (χ1) is 23.0. The van der Waals surface area contributed by atoms with Crippen LogP contribution in [0, 0.1) is 0 Å². The summed E-state index contributed by atoms with van der Waals surface area (Å²) in [7, 11) is 4.52. The predicted molar refractivity (Wildman–Crippen MR) is 185 cm³/mol. The van der Waals surface area contributed by atoms with E-state index in [9.17, 15) is 27.7 Å². The molecule has 1 atom stereocenters. The number of aryl methyl sites for hydroxylation is 2. The second-order valence-electron chi connectivity index (χ2n) is 12.3. The molecule has 0 fully saturated rings. The summed E-state index contributed by atoms with van der Waals surface area (Å²) in [6.07, 6.45) is 1.10. The molecule has 1 unspecified atom stereocenters. The van der Waals surface area contributed by atoms with E-state index in [0.29, 0.717) is 43.1 Å². The number of nitrogens with zero attached hydrogens (tertiary/aromatic N) is 4. The molecular formula is C35H53F2N4O7P+2. The van der Waals surface area contributed by atoms with Crippen molar-refractivity contribution in [3.05, 3.63) is 59.4 Å². The van der Waals surface area contributed by atoms with Gasteiger partial charge in [0.2, 0.25) is 0 Å². The van der Waals surface area contributed by atoms with Crippen molar-refractivity contribution in [1.29, 1.82) is 0 Å². The van der Waals surface area contributed by atoms with Crippen LogP contribution in [0.1, 0.15) is 74.5 Å². The van der Waals surface area contributed by atoms with Gasteiger partial charge in [0.25, 0.3) is 17.6 Å². The summed E-state index contributed by atoms with van der Waals surface area (Å²) in [6, 6.07) is 12.8. The number of amides is 2. The third kappa shape index (κ3) is 11.0. The molecule has 49 heavy (non-hydrogen) atoms. The van der Waals surface area contributed by atoms with Crippen LogP contribution in [0.15, 0.2) is 42.5 Å². The van der Waals surface area contributed by atoms with Crippen LogP contribution < -0.4 is 9.30 Å². The maximum absolute atomic E-state index is 13.0. The number of carbonyl (C=O) groups excluding carboxylic acids is 3. The molecule has 14 heteroatoms. The summed E-state index contributed by atoms with van der Waals surface area (Å²) < 4.78 is 57.7. The Kier molecular flexibility index (Phi) is 15.3. The quantitative estimate of drug-likeness (QED) is 0.0595. The molecule has 0 saturated heterocycles. The van der Waals surface area contributed by atoms with E-state index < -0.39 is 19.3 Å². The smallest absolute Gasteiger partial charge is 0.330 e. The fraction of sp³-hybridized carbons (Fsp3) is 0.543. The number of ketones is 1. The zero-order valence-corrected chi connectivity index (χ0v) is 31.4. The molecule has 0 aliphatic carbocycles. The van der Waals surface area contributed by atoms with Crippen molar-refractivity contribution in [2.24, 2.45) is 0 Å². The normalized spacial score (nSPS) is 14.1. The number of hydrogen-bond donors (Lipinski definition) is 0. The molecule has 1 aliphatic rings. The van der Waals surface area contributed by atoms with Gasteiger partial charge in [0.05, 0.1) is 64.7 Å². The van der Waals surface area contributed by atoms with E-state index in [1.165, 1.54) is 12.0 Å². The summed E-state index contributed by atoms with van der Waals surface area (Å²) in [4.78, 5) is 37.1. The second-order valence-corrected chi connectivity index (χ2v) is 14.6. The van der Waals surface area contributed by atoms with Crippen molar-refractivity contribution in [1.82, 2.24) is 9.47 Å². The van der Waals surface area contributed by atoms with Crippen molar-refractivity contribution in [2.75, 3.05) is 54.2 Å². The lowest BCUT2D eigenvalue weighted by Gasteiger charge is -2.24. The minimum atomic E-state index is -3.17. The molecule has 1 aliphatic heterocycles. The number of ether oxygens (including phenoxy) is 1. The molecule has 0 saturated carbocycles. The van der Waals surface area contributed by atoms with Crippen LogP contribution >= 0.6 is 7.60 Å². The topological polar surface area (TPSA) is 108 Å². The Morgan fingerprint density at radius 2 is 1.57 bits per heavy atom. The molecule has 272 valence electrons. The second kappa shape index (κ2) is 17.9. The lowest BCUT2D eigenvalue weighted by atomic mass is 10.1. The Hall–Kier alpha value is -3.51. The average Bonchev–Trinajstić information content (AvgIpc) is 3.48. The number of hydrogen-bond acceptors (Lipinski definition) is 7. The monoisotopic (exact) mass is 710 g/mol. The summed E-state index contributed by atoms with van der Waals surface area (Å²) in [6.45, 7) is 12.3. The van der Waals surface area contributed by atoms with Gasteiger partial charge in [0.1, 0.15) is 18.9 Å². The van der Waals surface area contributed by atoms with Gasteiger partial charge >= 0.3 is 13.5 Å². The van der Waals surface area contributed by atoms with Crippen LogP contribution in [0.2, 0.25) is 0 Å². The largest absolute Gasteiger partial charge is 0.491 e. The first-order valence-electron chi connectivity index (χ1n) is 16.6. The van der Waals surface area contributed by atoms with E-state index in [-0.39, 0.29) is 31.6 Å². The maximum Gasteiger partial charge on any atom is 0.330 e. The van der Waals surface area contributed by atoms with Crippen molar-refractivity contribution in [2.45, 2.75) is 73.5 Å². The minimum absolute atomic E-state index is 0.141. The van der Waals surface area contributed by atoms with Crippen molar-refractivity contribution in [3.63, 3.8) is 0 Å². The molecular weight excluding hydrogens is 657 g/mol. The van der Waals surface area contributed by atoms with Gasteiger partial charge in [-0.1, -0.05) is 26.0 Å². The first-order valence-corrected chi connectivity index (χ1v) is 18.3. The highest BCUT2D eigenvalue weighted by atomic mass is 31.2. The van der Waals surface area contributed by atoms with Crippen molar-refractivity contribution < 1.29 is 50.6 Å². The lowest BCUT2D eigenvalue weighted by molar-refractivity contribution is -0.870. The van der Waals surface area contributed by atoms with E-state index in [4.69, 9.17) is 13.8 Å². The predicted octanol–water partition coefficient (Wildman–Crippen LogP) is 6.35. The number of quaternary nitrogens is 1. The van der Waals surface area contributed by atoms with E-state index in [1.807, 2.05) is 45.9 Å². The summed E-state index contributed by atoms with van der Waals surface area (Å²) >= 11 is 0. The van der Waals surface area contributed by atoms with Gasteiger partial charge in [-0.25, -0.2) is 9.13 Å². The van der Waals surface area contributed by atoms with Crippen LogP contribution in [0.25, 0.3) is 11.0 Å². The number of alkyl halides is 2. The first kappa shape index (κ1) is 41.7. The number of fused-ring (bicyclic) bond motifs is 2. The molecule has 2 aromatic carbocycles. The fourth-order valence-corrected chi connectivity index (χ4v) is 6.44. The Balaban J connectivity index is 0.000000824. The maximum atomic E-state index is 13.0. The molecule has 2 amide bonds. The van der Waals surface area contributed by atoms with Gasteiger partial charge in [-0.05, 0) is 38.1 Å². The van der Waals surface area contributed by atoms with Crippen molar-refractivity contribution in [3.8, 4) is 5.75 Å². The lowest BCUT2D eigenvalue weighted by Crippen LogP contribution is -2.41. The van der Waals surface area contributed by atoms with Crippen LogP contribution in [0.5, 0.6) is 5.75 Å². The van der Waals surface area contributed by atoms with Gasteiger partial charge in [-0.15, -0.1) is 0 Å².